The summed E-state index contributed by atoms with van der Waals surface area (Å²) < 4.78 is 0. The highest BCUT2D eigenvalue weighted by Crippen LogP contribution is 2.33. The van der Waals surface area contributed by atoms with Gasteiger partial charge in [0.25, 0.3) is 5.56 Å². The topological polar surface area (TPSA) is 108 Å². The Bertz CT molecular complexity index is 703. The molecule has 2 aromatic rings. The maximum absolute atomic E-state index is 11.5. The summed E-state index contributed by atoms with van der Waals surface area (Å²) in [6.07, 6.45) is 1.60. The number of hydrogen-bond acceptors (Lipinski definition) is 5. The number of nitriles is 1. The molecule has 0 aliphatic carbocycles. The smallest absolute Gasteiger partial charge is 0.292 e. The average molecular weight is 270 g/mol. The molecule has 1 aromatic carbocycles. The molecule has 6 nitrogen and oxygen atoms in total. The van der Waals surface area contributed by atoms with Gasteiger partial charge in [0.1, 0.15) is 5.52 Å². The van der Waals surface area contributed by atoms with Crippen LogP contribution in [0.15, 0.2) is 10.9 Å². The van der Waals surface area contributed by atoms with Gasteiger partial charge in [0, 0.05) is 0 Å². The first kappa shape index (κ1) is 11.5. The van der Waals surface area contributed by atoms with Crippen LogP contribution < -0.4 is 16.6 Å². The predicted octanol–water partition coefficient (Wildman–Crippen LogP) is 1.71. The number of rotatable bonds is 1. The Morgan fingerprint density at radius 2 is 2.24 bits per heavy atom. The molecule has 0 saturated heterocycles. The monoisotopic (exact) mass is 269 g/mol. The van der Waals surface area contributed by atoms with Crippen LogP contribution in [0.1, 0.15) is 0 Å². The van der Waals surface area contributed by atoms with E-state index in [1.165, 1.54) is 6.07 Å². The van der Waals surface area contributed by atoms with Gasteiger partial charge in [0.05, 0.1) is 21.2 Å². The Hall–Kier alpha value is -1.97. The minimum atomic E-state index is -0.545. The molecule has 0 unspecified atom stereocenters. The Morgan fingerprint density at radius 3 is 2.88 bits per heavy atom. The van der Waals surface area contributed by atoms with Crippen LogP contribution >= 0.6 is 23.2 Å². The van der Waals surface area contributed by atoms with Gasteiger partial charge in [-0.3, -0.25) is 10.1 Å². The summed E-state index contributed by atoms with van der Waals surface area (Å²) in [6, 6.07) is 1.44. The fraction of sp³-hybridized carbons (Fsp3) is 0. The zero-order chi connectivity index (χ0) is 12.6. The summed E-state index contributed by atoms with van der Waals surface area (Å²) in [4.78, 5) is 17.9. The van der Waals surface area contributed by atoms with Crippen LogP contribution in [-0.4, -0.2) is 9.97 Å². The van der Waals surface area contributed by atoms with Gasteiger partial charge < -0.3 is 10.7 Å². The van der Waals surface area contributed by atoms with Crippen molar-refractivity contribution < 1.29 is 0 Å². The van der Waals surface area contributed by atoms with Crippen LogP contribution in [0.2, 0.25) is 10.0 Å². The third kappa shape index (κ3) is 1.86. The number of H-pyrrole nitrogens is 1. The van der Waals surface area contributed by atoms with Crippen molar-refractivity contribution in [1.29, 1.82) is 5.26 Å². The summed E-state index contributed by atoms with van der Waals surface area (Å²) in [7, 11) is 0. The molecule has 0 amide bonds. The lowest BCUT2D eigenvalue weighted by molar-refractivity contribution is 1.21. The molecular weight excluding hydrogens is 265 g/mol. The summed E-state index contributed by atoms with van der Waals surface area (Å²) in [5, 5.41) is 11.0. The number of anilines is 2. The maximum atomic E-state index is 11.5. The van der Waals surface area contributed by atoms with Gasteiger partial charge in [-0.15, -0.1) is 0 Å². The minimum Gasteiger partial charge on any atom is -0.396 e. The van der Waals surface area contributed by atoms with Gasteiger partial charge in [-0.25, -0.2) is 4.98 Å². The van der Waals surface area contributed by atoms with E-state index in [0.717, 1.165) is 0 Å². The SMILES string of the molecule is N#CNc1nc2c(N)c(Cl)c(Cl)cc2[nH]c1=O. The number of hydrogen-bond donors (Lipinski definition) is 3. The molecule has 0 radical (unpaired) electrons. The van der Waals surface area contributed by atoms with E-state index in [1.54, 1.807) is 6.19 Å². The van der Waals surface area contributed by atoms with Crippen molar-refractivity contribution >= 4 is 45.7 Å². The Labute approximate surface area is 105 Å². The van der Waals surface area contributed by atoms with Crippen molar-refractivity contribution in [3.05, 3.63) is 26.5 Å². The van der Waals surface area contributed by atoms with Crippen molar-refractivity contribution in [2.75, 3.05) is 11.1 Å². The van der Waals surface area contributed by atoms with E-state index in [2.05, 4.69) is 15.3 Å². The largest absolute Gasteiger partial charge is 0.396 e. The molecule has 0 atom stereocenters. The number of aromatic nitrogens is 2. The van der Waals surface area contributed by atoms with E-state index in [9.17, 15) is 4.79 Å². The van der Waals surface area contributed by atoms with Gasteiger partial charge in [-0.2, -0.15) is 5.26 Å². The molecular formula is C9H5Cl2N5O. The van der Waals surface area contributed by atoms with Gasteiger partial charge >= 0.3 is 0 Å². The third-order valence-electron chi connectivity index (χ3n) is 2.09. The molecule has 17 heavy (non-hydrogen) atoms. The first-order chi connectivity index (χ1) is 8.04. The molecule has 0 spiro atoms. The number of halogens is 2. The van der Waals surface area contributed by atoms with Gasteiger partial charge in [-0.05, 0) is 6.07 Å². The molecule has 8 heteroatoms. The summed E-state index contributed by atoms with van der Waals surface area (Å²) in [5.41, 5.74) is 5.95. The number of aromatic amines is 1. The van der Waals surface area contributed by atoms with Crippen molar-refractivity contribution in [1.82, 2.24) is 9.97 Å². The van der Waals surface area contributed by atoms with Crippen LogP contribution in [0.5, 0.6) is 0 Å². The molecule has 86 valence electrons. The molecule has 0 aliphatic heterocycles. The first-order valence-electron chi connectivity index (χ1n) is 4.37. The average Bonchev–Trinajstić information content (AvgIpc) is 2.29. The molecule has 1 aromatic heterocycles. The van der Waals surface area contributed by atoms with E-state index in [1.807, 2.05) is 0 Å². The molecule has 4 N–H and O–H groups in total. The number of nitrogens with two attached hydrogens (primary N) is 1. The standard InChI is InChI=1S/C9H5Cl2N5O/c10-3-1-4-7(6(13)5(3)11)16-8(14-2-12)9(17)15-4/h1H,13H2,(H,14,16)(H,15,17). The summed E-state index contributed by atoms with van der Waals surface area (Å²) >= 11 is 11.7. The minimum absolute atomic E-state index is 0.145. The molecule has 0 bridgehead atoms. The van der Waals surface area contributed by atoms with E-state index >= 15 is 0 Å². The third-order valence-corrected chi connectivity index (χ3v) is 2.89. The van der Waals surface area contributed by atoms with E-state index in [-0.39, 0.29) is 27.1 Å². The van der Waals surface area contributed by atoms with Crippen LogP contribution in [0, 0.1) is 11.5 Å². The van der Waals surface area contributed by atoms with E-state index in [0.29, 0.717) is 5.52 Å². The summed E-state index contributed by atoms with van der Waals surface area (Å²) in [5.74, 6) is -0.148. The van der Waals surface area contributed by atoms with E-state index < -0.39 is 5.56 Å². The van der Waals surface area contributed by atoms with Crippen molar-refractivity contribution in [2.24, 2.45) is 0 Å². The molecule has 2 rings (SSSR count). The molecule has 1 heterocycles. The lowest BCUT2D eigenvalue weighted by Crippen LogP contribution is -2.14. The number of fused-ring (bicyclic) bond motifs is 1. The fourth-order valence-electron chi connectivity index (χ4n) is 1.33. The number of benzene rings is 1. The van der Waals surface area contributed by atoms with E-state index in [4.69, 9.17) is 34.2 Å². The lowest BCUT2D eigenvalue weighted by Gasteiger charge is -2.06. The Morgan fingerprint density at radius 1 is 1.53 bits per heavy atom. The second kappa shape index (κ2) is 4.13. The number of nitrogens with one attached hydrogen (secondary N) is 2. The Balaban J connectivity index is 2.86. The number of nitrogen functional groups attached to an aromatic ring is 1. The zero-order valence-corrected chi connectivity index (χ0v) is 9.73. The molecule has 0 aliphatic rings. The van der Waals surface area contributed by atoms with Crippen molar-refractivity contribution in [3.63, 3.8) is 0 Å². The molecule has 0 saturated carbocycles. The van der Waals surface area contributed by atoms with Crippen LogP contribution in [0.3, 0.4) is 0 Å². The lowest BCUT2D eigenvalue weighted by atomic mass is 10.2. The maximum Gasteiger partial charge on any atom is 0.292 e. The second-order valence-electron chi connectivity index (χ2n) is 3.13. The van der Waals surface area contributed by atoms with Crippen LogP contribution in [0.4, 0.5) is 11.5 Å². The highest BCUT2D eigenvalue weighted by Gasteiger charge is 2.12. The number of nitrogens with zero attached hydrogens (tertiary/aromatic N) is 2. The first-order valence-corrected chi connectivity index (χ1v) is 5.12. The highest BCUT2D eigenvalue weighted by molar-refractivity contribution is 6.44. The van der Waals surface area contributed by atoms with Crippen LogP contribution in [0.25, 0.3) is 11.0 Å². The van der Waals surface area contributed by atoms with Crippen LogP contribution in [-0.2, 0) is 0 Å². The van der Waals surface area contributed by atoms with Crippen molar-refractivity contribution in [2.45, 2.75) is 0 Å². The van der Waals surface area contributed by atoms with Gasteiger partial charge in [0.15, 0.2) is 6.19 Å². The predicted molar refractivity (Wildman–Crippen MR) is 66.0 cm³/mol. The normalized spacial score (nSPS) is 10.2. The summed E-state index contributed by atoms with van der Waals surface area (Å²) in [6.45, 7) is 0. The second-order valence-corrected chi connectivity index (χ2v) is 3.92. The fourth-order valence-corrected chi connectivity index (χ4v) is 1.69. The molecule has 0 fully saturated rings. The highest BCUT2D eigenvalue weighted by atomic mass is 35.5. The van der Waals surface area contributed by atoms with Gasteiger partial charge in [0.2, 0.25) is 5.82 Å². The quantitative estimate of drug-likeness (QED) is 0.415. The Kier molecular flexibility index (Phi) is 2.79. The zero-order valence-electron chi connectivity index (χ0n) is 8.21. The van der Waals surface area contributed by atoms with Crippen molar-refractivity contribution in [3.8, 4) is 6.19 Å². The van der Waals surface area contributed by atoms with Gasteiger partial charge in [-0.1, -0.05) is 23.2 Å².